The third-order valence-corrected chi connectivity index (χ3v) is 7.81. The Hall–Kier alpha value is -3.73. The summed E-state index contributed by atoms with van der Waals surface area (Å²) >= 11 is 0. The van der Waals surface area contributed by atoms with Crippen molar-refractivity contribution in [2.24, 2.45) is 5.92 Å². The number of carbonyl (C=O) groups is 1. The Labute approximate surface area is 212 Å². The molecule has 1 saturated carbocycles. The van der Waals surface area contributed by atoms with Gasteiger partial charge in [-0.25, -0.2) is 9.97 Å². The number of nitrogens with zero attached hydrogens (tertiary/aromatic N) is 3. The number of piperidine rings is 1. The van der Waals surface area contributed by atoms with Gasteiger partial charge in [0.05, 0.1) is 11.3 Å². The minimum Gasteiger partial charge on any atom is -0.348 e. The van der Waals surface area contributed by atoms with Crippen molar-refractivity contribution in [3.05, 3.63) is 101 Å². The van der Waals surface area contributed by atoms with Crippen LogP contribution in [0.15, 0.2) is 79.0 Å². The van der Waals surface area contributed by atoms with Crippen molar-refractivity contribution in [3.8, 4) is 0 Å². The van der Waals surface area contributed by atoms with Crippen LogP contribution in [0.5, 0.6) is 0 Å². The van der Waals surface area contributed by atoms with E-state index >= 15 is 0 Å². The molecule has 1 aliphatic heterocycles. The van der Waals surface area contributed by atoms with Gasteiger partial charge in [-0.2, -0.15) is 0 Å². The Kier molecular flexibility index (Phi) is 5.92. The molecule has 1 aliphatic carbocycles. The highest BCUT2D eigenvalue weighted by Crippen LogP contribution is 2.53. The molecule has 0 bridgehead atoms. The normalized spacial score (nSPS) is 18.7. The quantitative estimate of drug-likeness (QED) is 0.378. The van der Waals surface area contributed by atoms with Crippen molar-refractivity contribution in [2.75, 3.05) is 18.0 Å². The monoisotopic (exact) mass is 476 g/mol. The zero-order valence-electron chi connectivity index (χ0n) is 20.8. The molecule has 5 nitrogen and oxygen atoms in total. The zero-order valence-corrected chi connectivity index (χ0v) is 20.8. The summed E-state index contributed by atoms with van der Waals surface area (Å²) in [7, 11) is 0. The summed E-state index contributed by atoms with van der Waals surface area (Å²) in [6.07, 6.45) is 6.14. The summed E-state index contributed by atoms with van der Waals surface area (Å²) in [5.41, 5.74) is 3.57. The molecule has 2 fully saturated rings. The molecule has 2 aliphatic rings. The van der Waals surface area contributed by atoms with Crippen LogP contribution in [0.3, 0.4) is 0 Å². The van der Waals surface area contributed by atoms with Crippen LogP contribution in [0.1, 0.15) is 59.8 Å². The molecular weight excluding hydrogens is 444 g/mol. The lowest BCUT2D eigenvalue weighted by atomic mass is 9.89. The summed E-state index contributed by atoms with van der Waals surface area (Å²) in [4.78, 5) is 25.7. The van der Waals surface area contributed by atoms with E-state index in [0.717, 1.165) is 54.9 Å². The molecule has 1 saturated heterocycles. The first-order valence-electron chi connectivity index (χ1n) is 13.1. The minimum atomic E-state index is -0.216. The number of carbonyl (C=O) groups excluding carboxylic acids is 1. The predicted octanol–water partition coefficient (Wildman–Crippen LogP) is 5.88. The van der Waals surface area contributed by atoms with E-state index in [2.05, 4.69) is 65.7 Å². The van der Waals surface area contributed by atoms with E-state index in [1.807, 2.05) is 24.3 Å². The van der Waals surface area contributed by atoms with Gasteiger partial charge in [0.25, 0.3) is 5.91 Å². The second-order valence-electron chi connectivity index (χ2n) is 10.4. The molecular formula is C31H32N4O. The highest BCUT2D eigenvalue weighted by molar-refractivity contribution is 5.96. The Morgan fingerprint density at radius 2 is 1.81 bits per heavy atom. The summed E-state index contributed by atoms with van der Waals surface area (Å²) in [6.45, 7) is 4.68. The minimum absolute atomic E-state index is 0.112. The second-order valence-corrected chi connectivity index (χ2v) is 10.4. The number of nitrogens with one attached hydrogen (secondary N) is 1. The number of rotatable bonds is 6. The van der Waals surface area contributed by atoms with Crippen molar-refractivity contribution >= 4 is 22.6 Å². The highest BCUT2D eigenvalue weighted by atomic mass is 16.1. The molecule has 1 amide bonds. The fourth-order valence-electron chi connectivity index (χ4n) is 5.69. The van der Waals surface area contributed by atoms with Crippen LogP contribution >= 0.6 is 0 Å². The lowest BCUT2D eigenvalue weighted by Gasteiger charge is -2.31. The van der Waals surface area contributed by atoms with Gasteiger partial charge in [0, 0.05) is 31.2 Å². The maximum atomic E-state index is 13.6. The van der Waals surface area contributed by atoms with Gasteiger partial charge in [-0.1, -0.05) is 79.7 Å². The molecule has 1 aromatic heterocycles. The molecule has 3 aromatic carbocycles. The Bertz CT molecular complexity index is 1390. The molecule has 4 aromatic rings. The summed E-state index contributed by atoms with van der Waals surface area (Å²) in [5.74, 6) is 1.27. The number of fused-ring (bicyclic) bond motifs is 1. The Morgan fingerprint density at radius 3 is 2.61 bits per heavy atom. The smallest absolute Gasteiger partial charge is 0.255 e. The average Bonchev–Trinajstić information content (AvgIpc) is 3.74. The number of hydrogen-bond donors (Lipinski definition) is 1. The number of amides is 1. The third-order valence-electron chi connectivity index (χ3n) is 7.81. The van der Waals surface area contributed by atoms with E-state index in [1.54, 1.807) is 6.20 Å². The lowest BCUT2D eigenvalue weighted by Crippen LogP contribution is -2.36. The molecule has 0 spiro atoms. The van der Waals surface area contributed by atoms with Gasteiger partial charge >= 0.3 is 0 Å². The molecule has 182 valence electrons. The first-order chi connectivity index (χ1) is 17.6. The number of anilines is 1. The summed E-state index contributed by atoms with van der Waals surface area (Å²) in [6, 6.07) is 25.0. The average molecular weight is 477 g/mol. The van der Waals surface area contributed by atoms with Crippen LogP contribution in [0.4, 0.5) is 5.95 Å². The maximum Gasteiger partial charge on any atom is 0.255 e. The van der Waals surface area contributed by atoms with E-state index in [0.29, 0.717) is 18.0 Å². The molecule has 0 radical (unpaired) electrons. The van der Waals surface area contributed by atoms with Crippen LogP contribution in [0.25, 0.3) is 10.8 Å². The van der Waals surface area contributed by atoms with Crippen LogP contribution < -0.4 is 10.2 Å². The van der Waals surface area contributed by atoms with Gasteiger partial charge in [0.15, 0.2) is 0 Å². The molecule has 5 heteroatoms. The Balaban J connectivity index is 1.34. The van der Waals surface area contributed by atoms with Gasteiger partial charge in [-0.05, 0) is 53.5 Å². The van der Waals surface area contributed by atoms with E-state index in [9.17, 15) is 4.79 Å². The number of hydrogen-bond acceptors (Lipinski definition) is 4. The standard InChI is InChI=1S/C31H32N4O/c1-22-9-8-18-35(21-22)30-33-20-27(28(34-30)31(16-17-31)25-13-3-2-4-14-25)29(36)32-19-24-12-7-11-23-10-5-6-15-26(23)24/h2-7,10-15,20,22H,8-9,16-19,21H2,1H3,(H,32,36). The third kappa shape index (κ3) is 4.23. The van der Waals surface area contributed by atoms with Gasteiger partial charge in [0.2, 0.25) is 5.95 Å². The van der Waals surface area contributed by atoms with Crippen LogP contribution in [-0.4, -0.2) is 29.0 Å². The lowest BCUT2D eigenvalue weighted by molar-refractivity contribution is 0.0948. The van der Waals surface area contributed by atoms with E-state index in [1.165, 1.54) is 17.4 Å². The van der Waals surface area contributed by atoms with Crippen molar-refractivity contribution < 1.29 is 4.79 Å². The topological polar surface area (TPSA) is 58.1 Å². The van der Waals surface area contributed by atoms with Crippen molar-refractivity contribution in [1.29, 1.82) is 0 Å². The van der Waals surface area contributed by atoms with Crippen molar-refractivity contribution in [1.82, 2.24) is 15.3 Å². The highest BCUT2D eigenvalue weighted by Gasteiger charge is 2.49. The molecule has 6 rings (SSSR count). The first kappa shape index (κ1) is 22.7. The Morgan fingerprint density at radius 1 is 1.03 bits per heavy atom. The number of aromatic nitrogens is 2. The van der Waals surface area contributed by atoms with Crippen LogP contribution in [0.2, 0.25) is 0 Å². The molecule has 1 atom stereocenters. The summed E-state index contributed by atoms with van der Waals surface area (Å²) < 4.78 is 0. The molecule has 1 N–H and O–H groups in total. The molecule has 1 unspecified atom stereocenters. The fourth-order valence-corrected chi connectivity index (χ4v) is 5.69. The van der Waals surface area contributed by atoms with Crippen molar-refractivity contribution in [2.45, 2.75) is 44.6 Å². The SMILES string of the molecule is CC1CCCN(c2ncc(C(=O)NCc3cccc4ccccc34)c(C3(c4ccccc4)CC3)n2)C1. The van der Waals surface area contributed by atoms with E-state index < -0.39 is 0 Å². The van der Waals surface area contributed by atoms with Gasteiger partial charge < -0.3 is 10.2 Å². The van der Waals surface area contributed by atoms with E-state index in [-0.39, 0.29) is 11.3 Å². The molecule has 2 heterocycles. The predicted molar refractivity (Wildman–Crippen MR) is 144 cm³/mol. The van der Waals surface area contributed by atoms with Crippen molar-refractivity contribution in [3.63, 3.8) is 0 Å². The summed E-state index contributed by atoms with van der Waals surface area (Å²) in [5, 5.41) is 5.51. The van der Waals surface area contributed by atoms with Gasteiger partial charge in [-0.3, -0.25) is 4.79 Å². The second kappa shape index (κ2) is 9.38. The fraction of sp³-hybridized carbons (Fsp3) is 0.323. The van der Waals surface area contributed by atoms with Crippen LogP contribution in [-0.2, 0) is 12.0 Å². The molecule has 36 heavy (non-hydrogen) atoms. The first-order valence-corrected chi connectivity index (χ1v) is 13.1. The zero-order chi connectivity index (χ0) is 24.5. The van der Waals surface area contributed by atoms with Crippen LogP contribution in [0, 0.1) is 5.92 Å². The largest absolute Gasteiger partial charge is 0.348 e. The van der Waals surface area contributed by atoms with Gasteiger partial charge in [0.1, 0.15) is 0 Å². The number of benzene rings is 3. The maximum absolute atomic E-state index is 13.6. The van der Waals surface area contributed by atoms with E-state index in [4.69, 9.17) is 9.97 Å². The van der Waals surface area contributed by atoms with Gasteiger partial charge in [-0.15, -0.1) is 0 Å².